The zero-order valence-corrected chi connectivity index (χ0v) is 12.7. The van der Waals surface area contributed by atoms with Gasteiger partial charge in [-0.15, -0.1) is 0 Å². The number of nitro groups is 1. The minimum absolute atomic E-state index is 0.0295. The molecule has 0 aliphatic rings. The second-order valence-corrected chi connectivity index (χ2v) is 6.20. The predicted octanol–water partition coefficient (Wildman–Crippen LogP) is 1.04. The number of primary sulfonamides is 1. The van der Waals surface area contributed by atoms with Gasteiger partial charge >= 0.3 is 0 Å². The van der Waals surface area contributed by atoms with Gasteiger partial charge in [0.1, 0.15) is 16.8 Å². The molecule has 0 aliphatic heterocycles. The van der Waals surface area contributed by atoms with Gasteiger partial charge in [-0.05, 0) is 22.0 Å². The third kappa shape index (κ3) is 5.82. The average molecular weight is 369 g/mol. The van der Waals surface area contributed by atoms with Crippen molar-refractivity contribution >= 4 is 31.6 Å². The van der Waals surface area contributed by atoms with Crippen molar-refractivity contribution in [1.82, 2.24) is 0 Å². The Hall–Kier alpha value is -1.23. The molecule has 20 heavy (non-hydrogen) atoms. The molecule has 8 nitrogen and oxygen atoms in total. The van der Waals surface area contributed by atoms with Gasteiger partial charge in [0.2, 0.25) is 10.0 Å². The molecule has 0 unspecified atom stereocenters. The summed E-state index contributed by atoms with van der Waals surface area (Å²) in [5, 5.41) is 15.5. The molecule has 1 rings (SSSR count). The van der Waals surface area contributed by atoms with Gasteiger partial charge in [-0.2, -0.15) is 0 Å². The molecule has 1 aromatic rings. The average Bonchev–Trinajstić information content (AvgIpc) is 2.33. The number of hydrogen-bond acceptors (Lipinski definition) is 6. The monoisotopic (exact) mass is 368 g/mol. The van der Waals surface area contributed by atoms with Crippen molar-refractivity contribution in [2.45, 2.75) is 0 Å². The molecular formula is C10H13BrN2O6S. The van der Waals surface area contributed by atoms with Gasteiger partial charge in [-0.3, -0.25) is 10.1 Å². The van der Waals surface area contributed by atoms with Crippen LogP contribution in [0.25, 0.3) is 0 Å². The van der Waals surface area contributed by atoms with Gasteiger partial charge in [-0.1, -0.05) is 6.07 Å². The van der Waals surface area contributed by atoms with Gasteiger partial charge in [0, 0.05) is 6.07 Å². The van der Waals surface area contributed by atoms with Gasteiger partial charge in [-0.25, -0.2) is 13.6 Å². The fourth-order valence-corrected chi connectivity index (χ4v) is 2.11. The van der Waals surface area contributed by atoms with E-state index in [4.69, 9.17) is 14.6 Å². The predicted molar refractivity (Wildman–Crippen MR) is 75.1 cm³/mol. The van der Waals surface area contributed by atoms with E-state index < -0.39 is 14.9 Å². The maximum atomic E-state index is 10.7. The first-order chi connectivity index (χ1) is 9.31. The quantitative estimate of drug-likeness (QED) is 0.415. The molecule has 0 heterocycles. The van der Waals surface area contributed by atoms with Crippen LogP contribution in [0.5, 0.6) is 5.75 Å². The van der Waals surface area contributed by atoms with E-state index in [9.17, 15) is 18.5 Å². The Morgan fingerprint density at radius 2 is 2.00 bits per heavy atom. The Morgan fingerprint density at radius 3 is 2.60 bits per heavy atom. The zero-order chi connectivity index (χ0) is 15.2. The number of halogens is 1. The van der Waals surface area contributed by atoms with E-state index >= 15 is 0 Å². The summed E-state index contributed by atoms with van der Waals surface area (Å²) < 4.78 is 31.8. The summed E-state index contributed by atoms with van der Waals surface area (Å²) in [6, 6.07) is 4.42. The zero-order valence-electron chi connectivity index (χ0n) is 10.3. The summed E-state index contributed by atoms with van der Waals surface area (Å²) in [5.74, 6) is 0.0438. The molecule has 112 valence electrons. The van der Waals surface area contributed by atoms with Crippen LogP contribution in [0.15, 0.2) is 22.7 Å². The lowest BCUT2D eigenvalue weighted by atomic mass is 10.3. The fourth-order valence-electron chi connectivity index (χ4n) is 1.24. The van der Waals surface area contributed by atoms with Crippen LogP contribution in [0.2, 0.25) is 0 Å². The van der Waals surface area contributed by atoms with E-state index in [1.165, 1.54) is 12.1 Å². The van der Waals surface area contributed by atoms with Gasteiger partial charge in [0.15, 0.2) is 0 Å². The third-order valence-electron chi connectivity index (χ3n) is 2.14. The highest BCUT2D eigenvalue weighted by molar-refractivity contribution is 9.10. The van der Waals surface area contributed by atoms with Crippen molar-refractivity contribution in [2.24, 2.45) is 5.14 Å². The maximum absolute atomic E-state index is 10.7. The Morgan fingerprint density at radius 1 is 1.30 bits per heavy atom. The van der Waals surface area contributed by atoms with Crippen LogP contribution in [0, 0.1) is 10.1 Å². The SMILES string of the molecule is NS(=O)(=O)CCOCCOc1cccc([N+](=O)[O-])c1Br. The Kier molecular flexibility index (Phi) is 6.33. The normalized spacial score (nSPS) is 11.3. The molecule has 1 aromatic carbocycles. The summed E-state index contributed by atoms with van der Waals surface area (Å²) in [4.78, 5) is 10.2. The molecule has 0 amide bonds. The van der Waals surface area contributed by atoms with E-state index in [1.807, 2.05) is 0 Å². The number of nitrogens with two attached hydrogens (primary N) is 1. The standard InChI is InChI=1S/C10H13BrN2O6S/c11-10-8(13(14)15)2-1-3-9(10)19-5-4-18-6-7-20(12,16)17/h1-3H,4-7H2,(H2,12,16,17). The molecule has 0 aliphatic carbocycles. The van der Waals surface area contributed by atoms with E-state index in [2.05, 4.69) is 15.9 Å². The fraction of sp³-hybridized carbons (Fsp3) is 0.400. The smallest absolute Gasteiger partial charge is 0.287 e. The molecule has 0 bridgehead atoms. The first-order valence-corrected chi connectivity index (χ1v) is 7.96. The lowest BCUT2D eigenvalue weighted by Gasteiger charge is -2.08. The molecular weight excluding hydrogens is 356 g/mol. The van der Waals surface area contributed by atoms with E-state index in [0.717, 1.165) is 0 Å². The van der Waals surface area contributed by atoms with Crippen molar-refractivity contribution in [3.63, 3.8) is 0 Å². The number of hydrogen-bond donors (Lipinski definition) is 1. The minimum atomic E-state index is -3.53. The van der Waals surface area contributed by atoms with Crippen LogP contribution in [-0.2, 0) is 14.8 Å². The molecule has 0 fully saturated rings. The number of sulfonamides is 1. The molecule has 0 radical (unpaired) electrons. The summed E-state index contributed by atoms with van der Waals surface area (Å²) in [7, 11) is -3.53. The number of benzene rings is 1. The molecule has 10 heteroatoms. The number of ether oxygens (including phenoxy) is 2. The minimum Gasteiger partial charge on any atom is -0.490 e. The maximum Gasteiger partial charge on any atom is 0.287 e. The molecule has 0 saturated carbocycles. The lowest BCUT2D eigenvalue weighted by molar-refractivity contribution is -0.385. The number of nitro benzene ring substituents is 1. The van der Waals surface area contributed by atoms with Crippen LogP contribution in [-0.4, -0.2) is 38.9 Å². The van der Waals surface area contributed by atoms with Crippen molar-refractivity contribution in [3.8, 4) is 5.75 Å². The van der Waals surface area contributed by atoms with E-state index in [-0.39, 0.29) is 35.7 Å². The molecule has 0 aromatic heterocycles. The van der Waals surface area contributed by atoms with Crippen LogP contribution in [0.1, 0.15) is 0 Å². The highest BCUT2D eigenvalue weighted by Gasteiger charge is 2.15. The second-order valence-electron chi connectivity index (χ2n) is 3.67. The highest BCUT2D eigenvalue weighted by atomic mass is 79.9. The molecule has 0 saturated heterocycles. The molecule has 0 spiro atoms. The lowest BCUT2D eigenvalue weighted by Crippen LogP contribution is -2.21. The van der Waals surface area contributed by atoms with Gasteiger partial charge in [0.25, 0.3) is 5.69 Å². The summed E-state index contributed by atoms with van der Waals surface area (Å²) >= 11 is 3.09. The van der Waals surface area contributed by atoms with Gasteiger partial charge in [0.05, 0.1) is 23.9 Å². The molecule has 2 N–H and O–H groups in total. The summed E-state index contributed by atoms with van der Waals surface area (Å²) in [5.41, 5.74) is -0.0994. The number of rotatable bonds is 8. The van der Waals surface area contributed by atoms with Crippen LogP contribution >= 0.6 is 15.9 Å². The van der Waals surface area contributed by atoms with E-state index in [1.54, 1.807) is 6.07 Å². The van der Waals surface area contributed by atoms with Crippen molar-refractivity contribution in [3.05, 3.63) is 32.8 Å². The van der Waals surface area contributed by atoms with Crippen molar-refractivity contribution < 1.29 is 22.8 Å². The van der Waals surface area contributed by atoms with Crippen LogP contribution in [0.3, 0.4) is 0 Å². The summed E-state index contributed by atoms with van der Waals surface area (Å²) in [6.07, 6.45) is 0. The van der Waals surface area contributed by atoms with Crippen LogP contribution < -0.4 is 9.88 Å². The van der Waals surface area contributed by atoms with Crippen molar-refractivity contribution in [1.29, 1.82) is 0 Å². The highest BCUT2D eigenvalue weighted by Crippen LogP contribution is 2.33. The summed E-state index contributed by atoms with van der Waals surface area (Å²) in [6.45, 7) is 0.243. The second kappa shape index (κ2) is 7.53. The Labute approximate surface area is 124 Å². The van der Waals surface area contributed by atoms with E-state index in [0.29, 0.717) is 5.75 Å². The largest absolute Gasteiger partial charge is 0.490 e. The Bertz CT molecular complexity index is 577. The Balaban J connectivity index is 2.40. The van der Waals surface area contributed by atoms with Crippen molar-refractivity contribution in [2.75, 3.05) is 25.6 Å². The molecule has 0 atom stereocenters. The van der Waals surface area contributed by atoms with Gasteiger partial charge < -0.3 is 9.47 Å². The topological polar surface area (TPSA) is 122 Å². The van der Waals surface area contributed by atoms with Crippen LogP contribution in [0.4, 0.5) is 5.69 Å². The first-order valence-electron chi connectivity index (χ1n) is 5.45. The number of nitrogens with zero attached hydrogens (tertiary/aromatic N) is 1. The first kappa shape index (κ1) is 16.8. The third-order valence-corrected chi connectivity index (χ3v) is 3.67.